The second-order valence-corrected chi connectivity index (χ2v) is 9.71. The number of ether oxygens (including phenoxy) is 1. The third-order valence-electron chi connectivity index (χ3n) is 7.15. The first-order valence-electron chi connectivity index (χ1n) is 9.87. The third-order valence-corrected chi connectivity index (χ3v) is 7.75. The van der Waals surface area contributed by atoms with Crippen molar-refractivity contribution < 1.29 is 9.53 Å². The first-order valence-corrected chi connectivity index (χ1v) is 10.6. The van der Waals surface area contributed by atoms with E-state index in [4.69, 9.17) is 27.9 Å². The molecule has 1 amide bonds. The lowest BCUT2D eigenvalue weighted by Crippen LogP contribution is -2.35. The van der Waals surface area contributed by atoms with Crippen molar-refractivity contribution >= 4 is 45.7 Å². The molecule has 1 aromatic heterocycles. The highest BCUT2D eigenvalue weighted by Gasteiger charge is 2.60. The zero-order chi connectivity index (χ0) is 21.0. The van der Waals surface area contributed by atoms with Crippen molar-refractivity contribution in [2.75, 3.05) is 6.61 Å². The Morgan fingerprint density at radius 1 is 1.31 bits per heavy atom. The largest absolute Gasteiger partial charge is 0.480 e. The second-order valence-electron chi connectivity index (χ2n) is 8.89. The monoisotopic (exact) mass is 433 g/mol. The van der Waals surface area contributed by atoms with Gasteiger partial charge in [0.05, 0.1) is 10.0 Å². The minimum atomic E-state index is -0.325. The molecule has 0 saturated heterocycles. The van der Waals surface area contributed by atoms with Crippen LogP contribution in [0.1, 0.15) is 45.7 Å². The summed E-state index contributed by atoms with van der Waals surface area (Å²) in [4.78, 5) is 16.9. The van der Waals surface area contributed by atoms with Crippen LogP contribution >= 0.6 is 23.2 Å². The summed E-state index contributed by atoms with van der Waals surface area (Å²) in [6.45, 7) is 8.54. The molecule has 7 heteroatoms. The van der Waals surface area contributed by atoms with Crippen molar-refractivity contribution in [3.63, 3.8) is 0 Å². The van der Waals surface area contributed by atoms with Gasteiger partial charge in [-0.2, -0.15) is 5.10 Å². The maximum Gasteiger partial charge on any atom is 0.277 e. The van der Waals surface area contributed by atoms with E-state index in [9.17, 15) is 4.79 Å². The number of aromatic nitrogens is 1. The normalized spacial score (nSPS) is 26.3. The van der Waals surface area contributed by atoms with Gasteiger partial charge in [0.2, 0.25) is 0 Å². The fourth-order valence-corrected chi connectivity index (χ4v) is 5.40. The Bertz CT molecular complexity index is 1030. The molecule has 0 radical (unpaired) electrons. The SMILES string of the molecule is Cc1ccc2c(Cl)cc(Cl)c(OCC(=O)N/N=C3\CC4CCC3(C)C4(C)C)c2n1. The molecular weight excluding hydrogens is 409 g/mol. The van der Waals surface area contributed by atoms with Gasteiger partial charge in [0.25, 0.3) is 5.91 Å². The van der Waals surface area contributed by atoms with Crippen LogP contribution in [-0.2, 0) is 4.79 Å². The highest BCUT2D eigenvalue weighted by atomic mass is 35.5. The quantitative estimate of drug-likeness (QED) is 0.642. The van der Waals surface area contributed by atoms with Crippen LogP contribution in [0.2, 0.25) is 10.0 Å². The van der Waals surface area contributed by atoms with E-state index in [0.717, 1.165) is 29.6 Å². The molecule has 2 fully saturated rings. The number of hydrogen-bond donors (Lipinski definition) is 1. The average molecular weight is 434 g/mol. The Balaban J connectivity index is 1.48. The van der Waals surface area contributed by atoms with Crippen LogP contribution < -0.4 is 10.2 Å². The average Bonchev–Trinajstić information content (AvgIpc) is 2.99. The number of aryl methyl sites for hydroxylation is 1. The van der Waals surface area contributed by atoms with E-state index >= 15 is 0 Å². The van der Waals surface area contributed by atoms with E-state index < -0.39 is 0 Å². The van der Waals surface area contributed by atoms with Crippen molar-refractivity contribution in [3.8, 4) is 5.75 Å². The first kappa shape index (κ1) is 20.4. The number of nitrogens with zero attached hydrogens (tertiary/aromatic N) is 2. The van der Waals surface area contributed by atoms with Crippen LogP contribution in [0.25, 0.3) is 10.9 Å². The molecule has 4 rings (SSSR count). The number of carbonyl (C=O) groups excluding carboxylic acids is 1. The van der Waals surface area contributed by atoms with Crippen LogP contribution in [0.15, 0.2) is 23.3 Å². The lowest BCUT2D eigenvalue weighted by atomic mass is 9.70. The predicted octanol–water partition coefficient (Wildman–Crippen LogP) is 5.55. The van der Waals surface area contributed by atoms with Crippen LogP contribution in [0.5, 0.6) is 5.75 Å². The zero-order valence-corrected chi connectivity index (χ0v) is 18.6. The van der Waals surface area contributed by atoms with Gasteiger partial charge in [-0.1, -0.05) is 44.0 Å². The second kappa shape index (κ2) is 7.13. The smallest absolute Gasteiger partial charge is 0.277 e. The highest BCUT2D eigenvalue weighted by Crippen LogP contribution is 2.63. The molecular formula is C22H25Cl2N3O2. The van der Waals surface area contributed by atoms with Crippen molar-refractivity contribution in [2.45, 2.75) is 47.0 Å². The number of hydrogen-bond acceptors (Lipinski definition) is 4. The molecule has 2 bridgehead atoms. The number of benzene rings is 1. The van der Waals surface area contributed by atoms with E-state index in [1.807, 2.05) is 19.1 Å². The third kappa shape index (κ3) is 3.28. The maximum atomic E-state index is 12.4. The topological polar surface area (TPSA) is 63.6 Å². The van der Waals surface area contributed by atoms with Crippen molar-refractivity contribution in [1.29, 1.82) is 0 Å². The number of nitrogens with one attached hydrogen (secondary N) is 1. The summed E-state index contributed by atoms with van der Waals surface area (Å²) in [5.41, 5.74) is 5.36. The molecule has 1 aromatic carbocycles. The van der Waals surface area contributed by atoms with E-state index in [2.05, 4.69) is 36.3 Å². The zero-order valence-electron chi connectivity index (χ0n) is 17.1. The molecule has 1 N–H and O–H groups in total. The lowest BCUT2D eigenvalue weighted by Gasteiger charge is -2.34. The molecule has 0 aliphatic heterocycles. The van der Waals surface area contributed by atoms with Gasteiger partial charge in [-0.05, 0) is 55.7 Å². The summed E-state index contributed by atoms with van der Waals surface area (Å²) in [5, 5.41) is 6.01. The van der Waals surface area contributed by atoms with Gasteiger partial charge in [-0.15, -0.1) is 0 Å². The van der Waals surface area contributed by atoms with E-state index in [-0.39, 0.29) is 23.3 Å². The van der Waals surface area contributed by atoms with Gasteiger partial charge in [-0.25, -0.2) is 10.4 Å². The van der Waals surface area contributed by atoms with Gasteiger partial charge < -0.3 is 4.74 Å². The summed E-state index contributed by atoms with van der Waals surface area (Å²) < 4.78 is 5.73. The van der Waals surface area contributed by atoms with E-state index in [1.165, 1.54) is 6.42 Å². The predicted molar refractivity (Wildman–Crippen MR) is 117 cm³/mol. The molecule has 1 heterocycles. The number of fused-ring (bicyclic) bond motifs is 3. The minimum Gasteiger partial charge on any atom is -0.480 e. The molecule has 2 aliphatic rings. The van der Waals surface area contributed by atoms with Crippen LogP contribution in [-0.4, -0.2) is 23.2 Å². The van der Waals surface area contributed by atoms with Crippen LogP contribution in [0, 0.1) is 23.7 Å². The van der Waals surface area contributed by atoms with Gasteiger partial charge in [-0.3, -0.25) is 4.79 Å². The molecule has 5 nitrogen and oxygen atoms in total. The first-order chi connectivity index (χ1) is 13.6. The van der Waals surface area contributed by atoms with E-state index in [0.29, 0.717) is 27.2 Å². The molecule has 2 aromatic rings. The summed E-state index contributed by atoms with van der Waals surface area (Å²) in [6, 6.07) is 5.34. The number of rotatable bonds is 4. The van der Waals surface area contributed by atoms with Gasteiger partial charge in [0, 0.05) is 22.2 Å². The minimum absolute atomic E-state index is 0.0446. The molecule has 2 aliphatic carbocycles. The molecule has 2 atom stereocenters. The van der Waals surface area contributed by atoms with Gasteiger partial charge in [0.15, 0.2) is 12.4 Å². The summed E-state index contributed by atoms with van der Waals surface area (Å²) in [7, 11) is 0. The van der Waals surface area contributed by atoms with E-state index in [1.54, 1.807) is 6.07 Å². The highest BCUT2D eigenvalue weighted by molar-refractivity contribution is 6.39. The summed E-state index contributed by atoms with van der Waals surface area (Å²) in [5.74, 6) is 0.659. The molecule has 2 saturated carbocycles. The Hall–Kier alpha value is -1.85. The van der Waals surface area contributed by atoms with Crippen molar-refractivity contribution in [3.05, 3.63) is 33.9 Å². The number of hydrazone groups is 1. The van der Waals surface area contributed by atoms with Crippen molar-refractivity contribution in [1.82, 2.24) is 10.4 Å². The van der Waals surface area contributed by atoms with Crippen LogP contribution in [0.3, 0.4) is 0 Å². The maximum absolute atomic E-state index is 12.4. The lowest BCUT2D eigenvalue weighted by molar-refractivity contribution is -0.123. The Morgan fingerprint density at radius 3 is 2.72 bits per heavy atom. The number of amides is 1. The van der Waals surface area contributed by atoms with Crippen molar-refractivity contribution in [2.24, 2.45) is 21.8 Å². The number of pyridine rings is 1. The van der Waals surface area contributed by atoms with Gasteiger partial charge >= 0.3 is 0 Å². The molecule has 2 unspecified atom stereocenters. The molecule has 154 valence electrons. The fraction of sp³-hybridized carbons (Fsp3) is 0.500. The fourth-order valence-electron chi connectivity index (χ4n) is 4.82. The molecule has 0 spiro atoms. The number of carbonyl (C=O) groups is 1. The summed E-state index contributed by atoms with van der Waals surface area (Å²) in [6.07, 6.45) is 3.29. The Kier molecular flexibility index (Phi) is 5.02. The Labute approximate surface area is 180 Å². The number of halogens is 2. The standard InChI is InChI=1S/C22H25Cl2N3O2/c1-12-5-6-14-15(23)10-16(24)20(19(14)25-12)29-11-18(28)27-26-17-9-13-7-8-22(17,4)21(13,2)3/h5-6,10,13H,7-9,11H2,1-4H3,(H,27,28)/b26-17+. The Morgan fingerprint density at radius 2 is 2.07 bits per heavy atom. The molecule has 29 heavy (non-hydrogen) atoms. The van der Waals surface area contributed by atoms with Crippen LogP contribution in [0.4, 0.5) is 0 Å². The van der Waals surface area contributed by atoms with Gasteiger partial charge in [0.1, 0.15) is 5.52 Å². The summed E-state index contributed by atoms with van der Waals surface area (Å²) >= 11 is 12.6.